The lowest BCUT2D eigenvalue weighted by Crippen LogP contribution is -2.30. The smallest absolute Gasteiger partial charge is 0.276 e. The van der Waals surface area contributed by atoms with E-state index in [0.29, 0.717) is 6.54 Å². The van der Waals surface area contributed by atoms with Crippen LogP contribution in [0.2, 0.25) is 0 Å². The van der Waals surface area contributed by atoms with Crippen LogP contribution in [-0.4, -0.2) is 37.8 Å². The van der Waals surface area contributed by atoms with E-state index in [2.05, 4.69) is 15.3 Å². The minimum absolute atomic E-state index is 0.184. The van der Waals surface area contributed by atoms with Crippen LogP contribution in [0.15, 0.2) is 54.9 Å². The molecular formula is C18H18FN5O. The van der Waals surface area contributed by atoms with Crippen molar-refractivity contribution in [1.82, 2.24) is 24.9 Å². The number of benzene rings is 1. The number of amides is 1. The molecule has 0 spiro atoms. The summed E-state index contributed by atoms with van der Waals surface area (Å²) in [5, 5.41) is 7.93. The lowest BCUT2D eigenvalue weighted by molar-refractivity contribution is 0.0733. The highest BCUT2D eigenvalue weighted by molar-refractivity contribution is 5.92. The first-order valence-electron chi connectivity index (χ1n) is 7.87. The van der Waals surface area contributed by atoms with E-state index in [9.17, 15) is 9.18 Å². The molecule has 0 saturated heterocycles. The minimum atomic E-state index is -0.289. The molecule has 6 nitrogen and oxygen atoms in total. The summed E-state index contributed by atoms with van der Waals surface area (Å²) in [7, 11) is 1.71. The average molecular weight is 339 g/mol. The number of carbonyl (C=O) groups is 1. The number of hydrogen-bond donors (Lipinski definition) is 0. The molecule has 2 heterocycles. The van der Waals surface area contributed by atoms with E-state index in [-0.39, 0.29) is 23.5 Å². The summed E-state index contributed by atoms with van der Waals surface area (Å²) >= 11 is 0. The van der Waals surface area contributed by atoms with Crippen LogP contribution in [0, 0.1) is 5.82 Å². The third kappa shape index (κ3) is 3.88. The summed E-state index contributed by atoms with van der Waals surface area (Å²) in [5.74, 6) is -0.521. The molecule has 2 aromatic heterocycles. The first-order chi connectivity index (χ1) is 12.0. The zero-order chi connectivity index (χ0) is 17.8. The summed E-state index contributed by atoms with van der Waals surface area (Å²) in [6.45, 7) is 2.32. The van der Waals surface area contributed by atoms with Gasteiger partial charge in [0.15, 0.2) is 5.69 Å². The quantitative estimate of drug-likeness (QED) is 0.717. The van der Waals surface area contributed by atoms with E-state index < -0.39 is 0 Å². The SMILES string of the molecule is C[C@H](c1ccccn1)N(C)C(=O)c1cn(Cc2ccc(F)cc2)nn1. The molecule has 0 N–H and O–H groups in total. The number of rotatable bonds is 5. The first-order valence-corrected chi connectivity index (χ1v) is 7.87. The van der Waals surface area contributed by atoms with E-state index >= 15 is 0 Å². The largest absolute Gasteiger partial charge is 0.332 e. The number of aromatic nitrogens is 4. The van der Waals surface area contributed by atoms with E-state index in [1.54, 1.807) is 41.2 Å². The van der Waals surface area contributed by atoms with Crippen molar-refractivity contribution in [1.29, 1.82) is 0 Å². The van der Waals surface area contributed by atoms with E-state index in [1.807, 2.05) is 25.1 Å². The van der Waals surface area contributed by atoms with Crippen LogP contribution in [0.4, 0.5) is 4.39 Å². The van der Waals surface area contributed by atoms with Crippen LogP contribution >= 0.6 is 0 Å². The predicted molar refractivity (Wildman–Crippen MR) is 90.3 cm³/mol. The van der Waals surface area contributed by atoms with Crippen molar-refractivity contribution < 1.29 is 9.18 Å². The molecule has 0 aliphatic rings. The second-order valence-corrected chi connectivity index (χ2v) is 5.77. The zero-order valence-electron chi connectivity index (χ0n) is 14.0. The number of nitrogens with zero attached hydrogens (tertiary/aromatic N) is 5. The predicted octanol–water partition coefficient (Wildman–Crippen LogP) is 2.69. The molecule has 0 bridgehead atoms. The molecule has 0 unspecified atom stereocenters. The summed E-state index contributed by atoms with van der Waals surface area (Å²) in [6.07, 6.45) is 3.29. The van der Waals surface area contributed by atoms with Crippen LogP contribution in [0.25, 0.3) is 0 Å². The van der Waals surface area contributed by atoms with Crippen molar-refractivity contribution >= 4 is 5.91 Å². The molecule has 0 fully saturated rings. The second-order valence-electron chi connectivity index (χ2n) is 5.77. The lowest BCUT2D eigenvalue weighted by atomic mass is 10.2. The van der Waals surface area contributed by atoms with Gasteiger partial charge in [-0.15, -0.1) is 5.10 Å². The monoisotopic (exact) mass is 339 g/mol. The van der Waals surface area contributed by atoms with Crippen LogP contribution in [0.1, 0.15) is 34.7 Å². The highest BCUT2D eigenvalue weighted by atomic mass is 19.1. The zero-order valence-corrected chi connectivity index (χ0v) is 14.0. The van der Waals surface area contributed by atoms with Gasteiger partial charge in [0.05, 0.1) is 24.5 Å². The van der Waals surface area contributed by atoms with Gasteiger partial charge in [0.2, 0.25) is 0 Å². The van der Waals surface area contributed by atoms with Gasteiger partial charge >= 0.3 is 0 Å². The summed E-state index contributed by atoms with van der Waals surface area (Å²) in [6, 6.07) is 11.5. The molecule has 128 valence electrons. The molecule has 7 heteroatoms. The van der Waals surface area contributed by atoms with E-state index in [4.69, 9.17) is 0 Å². The topological polar surface area (TPSA) is 63.9 Å². The molecule has 1 amide bonds. The third-order valence-electron chi connectivity index (χ3n) is 4.03. The van der Waals surface area contributed by atoms with Crippen LogP contribution < -0.4 is 0 Å². The minimum Gasteiger partial charge on any atom is -0.332 e. The van der Waals surface area contributed by atoms with Crippen molar-refractivity contribution in [3.63, 3.8) is 0 Å². The molecule has 0 aliphatic heterocycles. The fraction of sp³-hybridized carbons (Fsp3) is 0.222. The van der Waals surface area contributed by atoms with Gasteiger partial charge in [-0.2, -0.15) is 0 Å². The normalized spacial score (nSPS) is 12.0. The maximum absolute atomic E-state index is 12.9. The molecule has 0 saturated carbocycles. The number of halogens is 1. The van der Waals surface area contributed by atoms with Crippen LogP contribution in [0.5, 0.6) is 0 Å². The van der Waals surface area contributed by atoms with Crippen LogP contribution in [0.3, 0.4) is 0 Å². The molecule has 25 heavy (non-hydrogen) atoms. The van der Waals surface area contributed by atoms with Gasteiger partial charge < -0.3 is 4.90 Å². The van der Waals surface area contributed by atoms with Crippen LogP contribution in [-0.2, 0) is 6.54 Å². The van der Waals surface area contributed by atoms with Gasteiger partial charge in [-0.1, -0.05) is 23.4 Å². The number of hydrogen-bond acceptors (Lipinski definition) is 4. The van der Waals surface area contributed by atoms with Gasteiger partial charge in [0.1, 0.15) is 5.82 Å². The standard InChI is InChI=1S/C18H18FN5O/c1-13(16-5-3-4-10-20-16)23(2)18(25)17-12-24(22-21-17)11-14-6-8-15(19)9-7-14/h3-10,12-13H,11H2,1-2H3/t13-/m1/s1. The molecule has 1 atom stereocenters. The second kappa shape index (κ2) is 7.21. The highest BCUT2D eigenvalue weighted by Gasteiger charge is 2.22. The van der Waals surface area contributed by atoms with Crippen molar-refractivity contribution in [2.45, 2.75) is 19.5 Å². The van der Waals surface area contributed by atoms with Gasteiger partial charge in [0, 0.05) is 13.2 Å². The maximum Gasteiger partial charge on any atom is 0.276 e. The Balaban J connectivity index is 1.70. The Morgan fingerprint density at radius 1 is 1.24 bits per heavy atom. The average Bonchev–Trinajstić information content (AvgIpc) is 3.11. The van der Waals surface area contributed by atoms with Gasteiger partial charge in [-0.25, -0.2) is 9.07 Å². The Labute approximate surface area is 144 Å². The van der Waals surface area contributed by atoms with Gasteiger partial charge in [0.25, 0.3) is 5.91 Å². The Morgan fingerprint density at radius 3 is 2.68 bits per heavy atom. The molecular weight excluding hydrogens is 321 g/mol. The molecule has 1 aromatic carbocycles. The number of pyridine rings is 1. The third-order valence-corrected chi connectivity index (χ3v) is 4.03. The fourth-order valence-electron chi connectivity index (χ4n) is 2.43. The van der Waals surface area contributed by atoms with Gasteiger partial charge in [-0.3, -0.25) is 9.78 Å². The first kappa shape index (κ1) is 16.8. The van der Waals surface area contributed by atoms with E-state index in [1.165, 1.54) is 12.1 Å². The number of carbonyl (C=O) groups excluding carboxylic acids is 1. The molecule has 3 aromatic rings. The van der Waals surface area contributed by atoms with Crippen molar-refractivity contribution in [2.24, 2.45) is 0 Å². The Morgan fingerprint density at radius 2 is 2.00 bits per heavy atom. The van der Waals surface area contributed by atoms with Crippen molar-refractivity contribution in [3.05, 3.63) is 77.6 Å². The van der Waals surface area contributed by atoms with Crippen molar-refractivity contribution in [3.8, 4) is 0 Å². The Bertz CT molecular complexity index is 847. The summed E-state index contributed by atoms with van der Waals surface area (Å²) in [5.41, 5.74) is 1.94. The maximum atomic E-state index is 12.9. The fourth-order valence-corrected chi connectivity index (χ4v) is 2.43. The lowest BCUT2D eigenvalue weighted by Gasteiger charge is -2.23. The van der Waals surface area contributed by atoms with E-state index in [0.717, 1.165) is 11.3 Å². The molecule has 0 radical (unpaired) electrons. The van der Waals surface area contributed by atoms with Crippen molar-refractivity contribution in [2.75, 3.05) is 7.05 Å². The molecule has 0 aliphatic carbocycles. The Hall–Kier alpha value is -3.09. The molecule has 3 rings (SSSR count). The van der Waals surface area contributed by atoms with Gasteiger partial charge in [-0.05, 0) is 36.8 Å². The Kier molecular flexibility index (Phi) is 4.83. The summed E-state index contributed by atoms with van der Waals surface area (Å²) in [4.78, 5) is 18.5. The summed E-state index contributed by atoms with van der Waals surface area (Å²) < 4.78 is 14.5. The highest BCUT2D eigenvalue weighted by Crippen LogP contribution is 2.17.